The van der Waals surface area contributed by atoms with Crippen LogP contribution in [0.25, 0.3) is 0 Å². The molecule has 13 heteroatoms. The molecule has 0 aromatic carbocycles. The van der Waals surface area contributed by atoms with Crippen molar-refractivity contribution in [2.24, 2.45) is 0 Å². The van der Waals surface area contributed by atoms with E-state index in [-0.39, 0.29) is 0 Å². The van der Waals surface area contributed by atoms with Crippen LogP contribution >= 0.6 is 0 Å². The van der Waals surface area contributed by atoms with Crippen LogP contribution in [-0.2, 0) is 57.2 Å². The van der Waals surface area contributed by atoms with E-state index in [2.05, 4.69) is 5.32 Å². The van der Waals surface area contributed by atoms with Gasteiger partial charge in [-0.25, -0.2) is 0 Å². The molecule has 0 aromatic heterocycles. The minimum atomic E-state index is -1.53. The molecule has 1 saturated heterocycles. The van der Waals surface area contributed by atoms with E-state index in [4.69, 9.17) is 28.4 Å². The van der Waals surface area contributed by atoms with Gasteiger partial charge < -0.3 is 33.7 Å². The van der Waals surface area contributed by atoms with Gasteiger partial charge in [-0.3, -0.25) is 28.8 Å². The molecular weight excluding hydrogens is 434 g/mol. The highest BCUT2D eigenvalue weighted by molar-refractivity contribution is 5.74. The lowest BCUT2D eigenvalue weighted by Gasteiger charge is -2.46. The van der Waals surface area contributed by atoms with Gasteiger partial charge in [0.05, 0.1) is 0 Å². The van der Waals surface area contributed by atoms with Crippen molar-refractivity contribution in [3.63, 3.8) is 0 Å². The number of hydrogen-bond donors (Lipinski definition) is 1. The van der Waals surface area contributed by atoms with Crippen molar-refractivity contribution in [1.82, 2.24) is 5.32 Å². The maximum absolute atomic E-state index is 11.8. The highest BCUT2D eigenvalue weighted by atomic mass is 16.7. The normalized spacial score (nSPS) is 25.5. The fourth-order valence-corrected chi connectivity index (χ4v) is 3.08. The predicted octanol–water partition coefficient (Wildman–Crippen LogP) is -0.863. The number of carbonyl (C=O) groups excluding carboxylic acids is 6. The smallest absolute Gasteiger partial charge is 0.305 e. The van der Waals surface area contributed by atoms with Crippen LogP contribution in [0.3, 0.4) is 0 Å². The van der Waals surface area contributed by atoms with E-state index in [1.807, 2.05) is 0 Å². The standard InChI is InChI=1S/C19H27NO12/c1-8(21)20-15-17(29-11(4)24)18(30-12(5)25)16(32-19(15)31-13(6)26)14(28-10(3)23)7-27-9(2)22/h14-19H,7H2,1-6H3,(H,20,21)/t14-,15+,16+,17+,18+,19?/m1/s1. The summed E-state index contributed by atoms with van der Waals surface area (Å²) in [7, 11) is 0. The maximum atomic E-state index is 11.8. The molecule has 180 valence electrons. The topological polar surface area (TPSA) is 170 Å². The lowest BCUT2D eigenvalue weighted by molar-refractivity contribution is -0.283. The summed E-state index contributed by atoms with van der Waals surface area (Å²) in [6.07, 6.45) is -7.16. The highest BCUT2D eigenvalue weighted by Crippen LogP contribution is 2.30. The predicted molar refractivity (Wildman–Crippen MR) is 101 cm³/mol. The molecule has 0 aliphatic carbocycles. The van der Waals surface area contributed by atoms with Gasteiger partial charge in [-0.2, -0.15) is 0 Å². The summed E-state index contributed by atoms with van der Waals surface area (Å²) in [5, 5.41) is 2.44. The Labute approximate surface area is 184 Å². The summed E-state index contributed by atoms with van der Waals surface area (Å²) in [6, 6.07) is -1.28. The average Bonchev–Trinajstić information content (AvgIpc) is 2.61. The van der Waals surface area contributed by atoms with Crippen LogP contribution in [0.2, 0.25) is 0 Å². The van der Waals surface area contributed by atoms with Gasteiger partial charge in [-0.15, -0.1) is 0 Å². The molecule has 1 N–H and O–H groups in total. The molecule has 1 aliphatic heterocycles. The number of ether oxygens (including phenoxy) is 6. The molecule has 13 nitrogen and oxygen atoms in total. The molecule has 0 aromatic rings. The summed E-state index contributed by atoms with van der Waals surface area (Å²) in [4.78, 5) is 69.9. The van der Waals surface area contributed by atoms with Crippen LogP contribution in [0.1, 0.15) is 41.5 Å². The van der Waals surface area contributed by atoms with Crippen LogP contribution < -0.4 is 5.32 Å². The zero-order valence-electron chi connectivity index (χ0n) is 18.6. The molecule has 0 saturated carbocycles. The number of amides is 1. The molecule has 0 spiro atoms. The molecular formula is C19H27NO12. The summed E-state index contributed by atoms with van der Waals surface area (Å²) in [5.41, 5.74) is 0. The van der Waals surface area contributed by atoms with E-state index in [9.17, 15) is 28.8 Å². The number of esters is 5. The molecule has 1 amide bonds. The lowest BCUT2D eigenvalue weighted by atomic mass is 9.92. The van der Waals surface area contributed by atoms with E-state index in [0.717, 1.165) is 41.5 Å². The molecule has 1 aliphatic rings. The van der Waals surface area contributed by atoms with E-state index >= 15 is 0 Å². The Kier molecular flexibility index (Phi) is 10.0. The molecule has 1 unspecified atom stereocenters. The lowest BCUT2D eigenvalue weighted by Crippen LogP contribution is -2.68. The second kappa shape index (κ2) is 12.0. The SMILES string of the molecule is CC(=O)N[C@@H]1C(OC(C)=O)O[C@@H]([C@@H](COC(C)=O)OC(C)=O)[C@H](OC(C)=O)[C@H]1OC(C)=O. The Morgan fingerprint density at radius 2 is 1.28 bits per heavy atom. The zero-order chi connectivity index (χ0) is 24.6. The third kappa shape index (κ3) is 8.49. The Balaban J connectivity index is 3.52. The second-order valence-electron chi connectivity index (χ2n) is 6.90. The number of rotatable bonds is 8. The maximum Gasteiger partial charge on any atom is 0.305 e. The fourth-order valence-electron chi connectivity index (χ4n) is 3.08. The minimum absolute atomic E-state index is 0.512. The molecule has 6 atom stereocenters. The first-order chi connectivity index (χ1) is 14.8. The number of nitrogens with one attached hydrogen (secondary N) is 1. The van der Waals surface area contributed by atoms with Gasteiger partial charge in [0.2, 0.25) is 12.2 Å². The van der Waals surface area contributed by atoms with Crippen LogP contribution in [-0.4, -0.2) is 79.1 Å². The van der Waals surface area contributed by atoms with Crippen LogP contribution in [0.15, 0.2) is 0 Å². The first kappa shape index (κ1) is 26.8. The summed E-state index contributed by atoms with van der Waals surface area (Å²) in [5.74, 6) is -4.52. The quantitative estimate of drug-likeness (QED) is 0.351. The Bertz CT molecular complexity index is 737. The monoisotopic (exact) mass is 461 g/mol. The van der Waals surface area contributed by atoms with Gasteiger partial charge in [0.15, 0.2) is 18.3 Å². The van der Waals surface area contributed by atoms with Crippen molar-refractivity contribution in [3.05, 3.63) is 0 Å². The minimum Gasteiger partial charge on any atom is -0.462 e. The van der Waals surface area contributed by atoms with E-state index < -0.39 is 79.1 Å². The van der Waals surface area contributed by atoms with Crippen molar-refractivity contribution in [2.75, 3.05) is 6.61 Å². The molecule has 1 heterocycles. The van der Waals surface area contributed by atoms with Crippen molar-refractivity contribution >= 4 is 35.8 Å². The molecule has 32 heavy (non-hydrogen) atoms. The van der Waals surface area contributed by atoms with Crippen molar-refractivity contribution in [1.29, 1.82) is 0 Å². The van der Waals surface area contributed by atoms with Gasteiger partial charge >= 0.3 is 29.8 Å². The summed E-state index contributed by atoms with van der Waals surface area (Å²) >= 11 is 0. The molecule has 0 radical (unpaired) electrons. The molecule has 0 bridgehead atoms. The first-order valence-corrected chi connectivity index (χ1v) is 9.56. The highest BCUT2D eigenvalue weighted by Gasteiger charge is 2.55. The second-order valence-corrected chi connectivity index (χ2v) is 6.90. The Morgan fingerprint density at radius 1 is 0.750 bits per heavy atom. The fraction of sp³-hybridized carbons (Fsp3) is 0.684. The average molecular weight is 461 g/mol. The van der Waals surface area contributed by atoms with Crippen LogP contribution in [0.5, 0.6) is 0 Å². The van der Waals surface area contributed by atoms with Gasteiger partial charge in [0, 0.05) is 41.5 Å². The Morgan fingerprint density at radius 3 is 1.72 bits per heavy atom. The van der Waals surface area contributed by atoms with Crippen molar-refractivity contribution in [3.8, 4) is 0 Å². The number of hydrogen-bond acceptors (Lipinski definition) is 12. The summed E-state index contributed by atoms with van der Waals surface area (Å²) in [6.45, 7) is 6.06. The van der Waals surface area contributed by atoms with Crippen molar-refractivity contribution in [2.45, 2.75) is 78.3 Å². The van der Waals surface area contributed by atoms with Crippen LogP contribution in [0.4, 0.5) is 0 Å². The van der Waals surface area contributed by atoms with Gasteiger partial charge in [-0.05, 0) is 0 Å². The molecule has 1 rings (SSSR count). The van der Waals surface area contributed by atoms with Gasteiger partial charge in [-0.1, -0.05) is 0 Å². The zero-order valence-corrected chi connectivity index (χ0v) is 18.6. The third-order valence-corrected chi connectivity index (χ3v) is 3.98. The van der Waals surface area contributed by atoms with E-state index in [1.165, 1.54) is 0 Å². The van der Waals surface area contributed by atoms with E-state index in [0.29, 0.717) is 0 Å². The number of carbonyl (C=O) groups is 6. The van der Waals surface area contributed by atoms with Crippen molar-refractivity contribution < 1.29 is 57.2 Å². The summed E-state index contributed by atoms with van der Waals surface area (Å²) < 4.78 is 31.5. The van der Waals surface area contributed by atoms with Gasteiger partial charge in [0.25, 0.3) is 0 Å². The van der Waals surface area contributed by atoms with E-state index in [1.54, 1.807) is 0 Å². The first-order valence-electron chi connectivity index (χ1n) is 9.56. The van der Waals surface area contributed by atoms with Crippen LogP contribution in [0, 0.1) is 0 Å². The largest absolute Gasteiger partial charge is 0.462 e. The molecule has 1 fully saturated rings. The van der Waals surface area contributed by atoms with Gasteiger partial charge in [0.1, 0.15) is 18.8 Å². The third-order valence-electron chi connectivity index (χ3n) is 3.98. The Hall–Kier alpha value is -3.22.